The summed E-state index contributed by atoms with van der Waals surface area (Å²) in [6, 6.07) is 6.46. The molecule has 1 aliphatic heterocycles. The molecule has 0 spiro atoms. The highest BCUT2D eigenvalue weighted by atomic mass is 19.1. The fourth-order valence-corrected chi connectivity index (χ4v) is 2.86. The normalized spacial score (nSPS) is 14.4. The van der Waals surface area contributed by atoms with Gasteiger partial charge in [0.1, 0.15) is 18.1 Å². The molecule has 32 heavy (non-hydrogen) atoms. The summed E-state index contributed by atoms with van der Waals surface area (Å²) in [5.74, 6) is -3.07. The summed E-state index contributed by atoms with van der Waals surface area (Å²) in [7, 11) is 0. The van der Waals surface area contributed by atoms with Gasteiger partial charge in [-0.1, -0.05) is 12.1 Å². The number of amides is 4. The van der Waals surface area contributed by atoms with Gasteiger partial charge in [-0.05, 0) is 25.1 Å². The summed E-state index contributed by atoms with van der Waals surface area (Å²) in [5.41, 5.74) is -1.00. The molecule has 1 heterocycles. The van der Waals surface area contributed by atoms with Crippen molar-refractivity contribution < 1.29 is 33.5 Å². The van der Waals surface area contributed by atoms with E-state index in [0.717, 1.165) is 24.3 Å². The lowest BCUT2D eigenvalue weighted by Crippen LogP contribution is -2.38. The molecule has 3 N–H and O–H groups in total. The molecule has 2 aromatic rings. The maximum absolute atomic E-state index is 13.7. The third kappa shape index (κ3) is 4.64. The third-order valence-electron chi connectivity index (χ3n) is 4.31. The van der Waals surface area contributed by atoms with Crippen molar-refractivity contribution in [2.45, 2.75) is 6.92 Å². The number of nitro benzene ring substituents is 1. The van der Waals surface area contributed by atoms with Crippen molar-refractivity contribution >= 4 is 35.3 Å². The Labute approximate surface area is 180 Å². The van der Waals surface area contributed by atoms with Crippen LogP contribution in [0.5, 0.6) is 11.5 Å². The zero-order valence-corrected chi connectivity index (χ0v) is 16.6. The van der Waals surface area contributed by atoms with E-state index < -0.39 is 46.6 Å². The zero-order chi connectivity index (χ0) is 23.4. The quantitative estimate of drug-likeness (QED) is 0.257. The highest BCUT2D eigenvalue weighted by Crippen LogP contribution is 2.36. The van der Waals surface area contributed by atoms with Crippen LogP contribution >= 0.6 is 0 Å². The number of benzene rings is 2. The number of carbonyl (C=O) groups excluding carboxylic acids is 3. The number of nitro groups is 1. The van der Waals surface area contributed by atoms with Crippen LogP contribution in [0.25, 0.3) is 6.08 Å². The number of ether oxygens (including phenoxy) is 1. The minimum atomic E-state index is -0.931. The number of nitrogens with one attached hydrogen (secondary N) is 2. The van der Waals surface area contributed by atoms with E-state index in [1.54, 1.807) is 6.92 Å². The van der Waals surface area contributed by atoms with Gasteiger partial charge in [0, 0.05) is 11.6 Å². The van der Waals surface area contributed by atoms with Gasteiger partial charge in [-0.25, -0.2) is 14.1 Å². The second-order valence-corrected chi connectivity index (χ2v) is 6.48. The van der Waals surface area contributed by atoms with Gasteiger partial charge in [0.15, 0.2) is 11.5 Å². The van der Waals surface area contributed by atoms with Gasteiger partial charge >= 0.3 is 6.03 Å². The number of nitrogens with zero attached hydrogens (tertiary/aromatic N) is 2. The highest BCUT2D eigenvalue weighted by molar-refractivity contribution is 6.16. The van der Waals surface area contributed by atoms with Crippen LogP contribution in [-0.2, 0) is 9.59 Å². The number of carbonyl (C=O) groups is 3. The van der Waals surface area contributed by atoms with Crippen molar-refractivity contribution in [1.82, 2.24) is 10.2 Å². The minimum absolute atomic E-state index is 0.116. The molecule has 0 aliphatic carbocycles. The number of anilines is 1. The van der Waals surface area contributed by atoms with Gasteiger partial charge in [-0.15, -0.1) is 0 Å². The smallest absolute Gasteiger partial charge is 0.329 e. The molecule has 4 amide bonds. The number of urea groups is 1. The molecule has 0 bridgehead atoms. The van der Waals surface area contributed by atoms with E-state index in [-0.39, 0.29) is 29.3 Å². The Morgan fingerprint density at radius 3 is 2.72 bits per heavy atom. The van der Waals surface area contributed by atoms with Gasteiger partial charge in [0.2, 0.25) is 5.91 Å². The number of non-ortho nitro benzene ring substituents is 1. The Bertz CT molecular complexity index is 1150. The summed E-state index contributed by atoms with van der Waals surface area (Å²) >= 11 is 0. The summed E-state index contributed by atoms with van der Waals surface area (Å²) < 4.78 is 18.8. The maximum Gasteiger partial charge on any atom is 0.329 e. The van der Waals surface area contributed by atoms with Crippen molar-refractivity contribution in [2.24, 2.45) is 0 Å². The molecule has 0 unspecified atom stereocenters. The number of para-hydroxylation sites is 1. The Balaban J connectivity index is 1.83. The van der Waals surface area contributed by atoms with Gasteiger partial charge < -0.3 is 20.5 Å². The molecule has 166 valence electrons. The van der Waals surface area contributed by atoms with Crippen LogP contribution in [0, 0.1) is 15.9 Å². The standard InChI is InChI=1S/C20H17FN4O7/c1-2-32-16-9-12(25(30)31)7-11(18(16)27)8-15-19(28)24(20(29)23-15)10-17(26)22-14-6-4-3-5-13(14)21/h3-9,27H,2,10H2,1H3,(H,22,26)(H,23,29)/b15-8+. The molecule has 1 fully saturated rings. The monoisotopic (exact) mass is 444 g/mol. The lowest BCUT2D eigenvalue weighted by molar-refractivity contribution is -0.385. The maximum atomic E-state index is 13.7. The summed E-state index contributed by atoms with van der Waals surface area (Å²) in [4.78, 5) is 47.9. The number of phenols is 1. The number of rotatable bonds is 7. The summed E-state index contributed by atoms with van der Waals surface area (Å²) in [6.07, 6.45) is 1.03. The first-order valence-corrected chi connectivity index (χ1v) is 9.24. The van der Waals surface area contributed by atoms with Crippen LogP contribution in [0.2, 0.25) is 0 Å². The molecule has 0 saturated carbocycles. The topological polar surface area (TPSA) is 151 Å². The Morgan fingerprint density at radius 1 is 1.34 bits per heavy atom. The van der Waals surface area contributed by atoms with E-state index in [1.165, 1.54) is 18.2 Å². The predicted octanol–water partition coefficient (Wildman–Crippen LogP) is 2.37. The van der Waals surface area contributed by atoms with Crippen LogP contribution in [0.15, 0.2) is 42.1 Å². The SMILES string of the molecule is CCOc1cc([N+](=O)[O-])cc(/C=C2/NC(=O)N(CC(=O)Nc3ccccc3F)C2=O)c1O. The van der Waals surface area contributed by atoms with Crippen LogP contribution < -0.4 is 15.4 Å². The molecule has 3 rings (SSSR count). The van der Waals surface area contributed by atoms with Crippen molar-refractivity contribution in [2.75, 3.05) is 18.5 Å². The van der Waals surface area contributed by atoms with E-state index in [9.17, 15) is 34.0 Å². The van der Waals surface area contributed by atoms with Crippen LogP contribution in [0.1, 0.15) is 12.5 Å². The predicted molar refractivity (Wildman–Crippen MR) is 109 cm³/mol. The van der Waals surface area contributed by atoms with Gasteiger partial charge in [-0.3, -0.25) is 19.7 Å². The molecule has 0 aromatic heterocycles. The van der Waals surface area contributed by atoms with Gasteiger partial charge in [0.25, 0.3) is 11.6 Å². The molecular weight excluding hydrogens is 427 g/mol. The average Bonchev–Trinajstić information content (AvgIpc) is 2.99. The highest BCUT2D eigenvalue weighted by Gasteiger charge is 2.35. The van der Waals surface area contributed by atoms with Crippen molar-refractivity contribution in [3.8, 4) is 11.5 Å². The number of halogens is 1. The first kappa shape index (κ1) is 22.2. The molecule has 1 saturated heterocycles. The molecule has 0 radical (unpaired) electrons. The van der Waals surface area contributed by atoms with Crippen molar-refractivity contribution in [3.05, 3.63) is 63.6 Å². The number of aromatic hydroxyl groups is 1. The van der Waals surface area contributed by atoms with Crippen molar-refractivity contribution in [1.29, 1.82) is 0 Å². The summed E-state index contributed by atoms with van der Waals surface area (Å²) in [5, 5.41) is 26.0. The first-order valence-electron chi connectivity index (χ1n) is 9.24. The lowest BCUT2D eigenvalue weighted by atomic mass is 10.1. The third-order valence-corrected chi connectivity index (χ3v) is 4.31. The fraction of sp³-hybridized carbons (Fsp3) is 0.150. The number of phenolic OH excluding ortho intramolecular Hbond substituents is 1. The van der Waals surface area contributed by atoms with Crippen LogP contribution in [0.3, 0.4) is 0 Å². The summed E-state index contributed by atoms with van der Waals surface area (Å²) in [6.45, 7) is 1.02. The molecule has 12 heteroatoms. The second-order valence-electron chi connectivity index (χ2n) is 6.48. The Hall–Kier alpha value is -4.48. The number of hydrogen-bond donors (Lipinski definition) is 3. The van der Waals surface area contributed by atoms with E-state index in [4.69, 9.17) is 4.74 Å². The first-order chi connectivity index (χ1) is 15.2. The largest absolute Gasteiger partial charge is 0.504 e. The second kappa shape index (κ2) is 9.12. The Kier molecular flexibility index (Phi) is 6.33. The number of hydrogen-bond acceptors (Lipinski definition) is 7. The number of imide groups is 1. The van der Waals surface area contributed by atoms with E-state index in [2.05, 4.69) is 10.6 Å². The van der Waals surface area contributed by atoms with E-state index >= 15 is 0 Å². The molecule has 0 atom stereocenters. The van der Waals surface area contributed by atoms with Crippen LogP contribution in [-0.4, -0.2) is 45.9 Å². The van der Waals surface area contributed by atoms with Crippen molar-refractivity contribution in [3.63, 3.8) is 0 Å². The molecule has 11 nitrogen and oxygen atoms in total. The fourth-order valence-electron chi connectivity index (χ4n) is 2.86. The van der Waals surface area contributed by atoms with E-state index in [0.29, 0.717) is 4.90 Å². The molecule has 2 aromatic carbocycles. The minimum Gasteiger partial charge on any atom is -0.504 e. The molecular formula is C20H17FN4O7. The van der Waals surface area contributed by atoms with E-state index in [1.807, 2.05) is 0 Å². The lowest BCUT2D eigenvalue weighted by Gasteiger charge is -2.12. The van der Waals surface area contributed by atoms with Gasteiger partial charge in [-0.2, -0.15) is 0 Å². The Morgan fingerprint density at radius 2 is 2.06 bits per heavy atom. The van der Waals surface area contributed by atoms with Crippen LogP contribution in [0.4, 0.5) is 20.6 Å². The average molecular weight is 444 g/mol. The zero-order valence-electron chi connectivity index (χ0n) is 16.6. The van der Waals surface area contributed by atoms with Gasteiger partial charge in [0.05, 0.1) is 23.3 Å². The molecule has 1 aliphatic rings.